The Morgan fingerprint density at radius 3 is 2.50 bits per heavy atom. The van der Waals surface area contributed by atoms with Crippen molar-refractivity contribution in [3.63, 3.8) is 0 Å². The molecule has 1 heterocycles. The SMILES string of the molecule is O=C([O-])CCc1ccc(-c2ccc(F)cc2)n1-c1cccc(Br)c1. The summed E-state index contributed by atoms with van der Waals surface area (Å²) in [4.78, 5) is 10.8. The Morgan fingerprint density at radius 2 is 1.83 bits per heavy atom. The number of aliphatic carboxylic acids is 1. The second-order valence-corrected chi connectivity index (χ2v) is 6.32. The van der Waals surface area contributed by atoms with E-state index in [1.165, 1.54) is 12.1 Å². The van der Waals surface area contributed by atoms with Crippen molar-refractivity contribution in [2.75, 3.05) is 0 Å². The third kappa shape index (κ3) is 3.57. The highest BCUT2D eigenvalue weighted by Gasteiger charge is 2.12. The van der Waals surface area contributed by atoms with Crippen molar-refractivity contribution in [1.82, 2.24) is 4.57 Å². The molecule has 24 heavy (non-hydrogen) atoms. The maximum Gasteiger partial charge on any atom is 0.123 e. The van der Waals surface area contributed by atoms with Gasteiger partial charge in [0.25, 0.3) is 0 Å². The lowest BCUT2D eigenvalue weighted by molar-refractivity contribution is -0.305. The lowest BCUT2D eigenvalue weighted by atomic mass is 10.1. The molecule has 0 fully saturated rings. The molecule has 0 unspecified atom stereocenters. The van der Waals surface area contributed by atoms with E-state index in [0.717, 1.165) is 27.1 Å². The van der Waals surface area contributed by atoms with Gasteiger partial charge >= 0.3 is 0 Å². The van der Waals surface area contributed by atoms with E-state index in [9.17, 15) is 14.3 Å². The van der Waals surface area contributed by atoms with E-state index in [1.54, 1.807) is 12.1 Å². The summed E-state index contributed by atoms with van der Waals surface area (Å²) in [6.07, 6.45) is 0.302. The van der Waals surface area contributed by atoms with Gasteiger partial charge in [-0.2, -0.15) is 0 Å². The molecule has 0 N–H and O–H groups in total. The largest absolute Gasteiger partial charge is 0.550 e. The fourth-order valence-corrected chi connectivity index (χ4v) is 3.06. The van der Waals surface area contributed by atoms with Gasteiger partial charge in [-0.1, -0.05) is 22.0 Å². The number of aromatic nitrogens is 1. The first-order valence-electron chi connectivity index (χ1n) is 7.47. The topological polar surface area (TPSA) is 45.1 Å². The first kappa shape index (κ1) is 16.5. The normalized spacial score (nSPS) is 10.8. The summed E-state index contributed by atoms with van der Waals surface area (Å²) in [6, 6.07) is 17.8. The van der Waals surface area contributed by atoms with Gasteiger partial charge in [0, 0.05) is 21.8 Å². The summed E-state index contributed by atoms with van der Waals surface area (Å²) in [5, 5.41) is 10.8. The lowest BCUT2D eigenvalue weighted by Crippen LogP contribution is -2.22. The number of hydrogen-bond donors (Lipinski definition) is 0. The summed E-state index contributed by atoms with van der Waals surface area (Å²) >= 11 is 3.46. The Balaban J connectivity index is 2.12. The van der Waals surface area contributed by atoms with Gasteiger partial charge in [-0.15, -0.1) is 0 Å². The predicted octanol–water partition coefficient (Wildman–Crippen LogP) is 3.73. The zero-order valence-electron chi connectivity index (χ0n) is 12.7. The summed E-state index contributed by atoms with van der Waals surface area (Å²) in [5.41, 5.74) is 3.50. The monoisotopic (exact) mass is 386 g/mol. The number of rotatable bonds is 5. The molecule has 3 nitrogen and oxygen atoms in total. The van der Waals surface area contributed by atoms with Crippen LogP contribution < -0.4 is 5.11 Å². The molecule has 0 bridgehead atoms. The van der Waals surface area contributed by atoms with Crippen LogP contribution in [-0.4, -0.2) is 10.5 Å². The Hall–Kier alpha value is -2.40. The maximum absolute atomic E-state index is 13.2. The molecule has 1 aromatic heterocycles. The third-order valence-electron chi connectivity index (χ3n) is 3.75. The van der Waals surface area contributed by atoms with Gasteiger partial charge < -0.3 is 14.5 Å². The van der Waals surface area contributed by atoms with Gasteiger partial charge in [-0.25, -0.2) is 4.39 Å². The Kier molecular flexibility index (Phi) is 4.81. The number of benzene rings is 2. The van der Waals surface area contributed by atoms with Crippen molar-refractivity contribution in [2.24, 2.45) is 0 Å². The second kappa shape index (κ2) is 7.01. The molecule has 3 rings (SSSR count). The molecular weight excluding hydrogens is 373 g/mol. The summed E-state index contributed by atoms with van der Waals surface area (Å²) in [7, 11) is 0. The van der Waals surface area contributed by atoms with Crippen molar-refractivity contribution in [3.05, 3.63) is 76.6 Å². The minimum atomic E-state index is -1.08. The van der Waals surface area contributed by atoms with E-state index in [4.69, 9.17) is 0 Å². The molecule has 0 saturated heterocycles. The number of aryl methyl sites for hydroxylation is 1. The van der Waals surface area contributed by atoms with Crippen LogP contribution in [0.2, 0.25) is 0 Å². The molecule has 3 aromatic rings. The van der Waals surface area contributed by atoms with Crippen LogP contribution in [0.5, 0.6) is 0 Å². The summed E-state index contributed by atoms with van der Waals surface area (Å²) < 4.78 is 16.1. The standard InChI is InChI=1S/C19H15BrFNO2/c20-14-2-1-3-17(12-14)22-16(9-11-19(23)24)8-10-18(22)13-4-6-15(21)7-5-13/h1-8,10,12H,9,11H2,(H,23,24)/p-1. The highest BCUT2D eigenvalue weighted by molar-refractivity contribution is 9.10. The van der Waals surface area contributed by atoms with Crippen LogP contribution in [0.4, 0.5) is 4.39 Å². The van der Waals surface area contributed by atoms with Gasteiger partial charge in [0.05, 0.1) is 5.69 Å². The summed E-state index contributed by atoms with van der Waals surface area (Å²) in [6.45, 7) is 0. The molecule has 0 aliphatic carbocycles. The molecule has 5 heteroatoms. The smallest absolute Gasteiger partial charge is 0.123 e. The quantitative estimate of drug-likeness (QED) is 0.670. The predicted molar refractivity (Wildman–Crippen MR) is 92.2 cm³/mol. The number of carbonyl (C=O) groups is 1. The van der Waals surface area contributed by atoms with E-state index in [0.29, 0.717) is 6.42 Å². The average molecular weight is 387 g/mol. The van der Waals surface area contributed by atoms with Crippen molar-refractivity contribution in [3.8, 4) is 16.9 Å². The fourth-order valence-electron chi connectivity index (χ4n) is 2.67. The van der Waals surface area contributed by atoms with E-state index in [-0.39, 0.29) is 12.2 Å². The fraction of sp³-hybridized carbons (Fsp3) is 0.105. The molecule has 2 aromatic carbocycles. The van der Waals surface area contributed by atoms with Crippen LogP contribution in [0.15, 0.2) is 65.1 Å². The second-order valence-electron chi connectivity index (χ2n) is 5.40. The van der Waals surface area contributed by atoms with Crippen LogP contribution in [0.1, 0.15) is 12.1 Å². The first-order valence-corrected chi connectivity index (χ1v) is 8.26. The van der Waals surface area contributed by atoms with Crippen LogP contribution in [0.3, 0.4) is 0 Å². The number of carboxylic acids is 1. The minimum Gasteiger partial charge on any atom is -0.550 e. The van der Waals surface area contributed by atoms with Crippen LogP contribution in [0, 0.1) is 5.82 Å². The number of carbonyl (C=O) groups excluding carboxylic acids is 1. The van der Waals surface area contributed by atoms with E-state index < -0.39 is 5.97 Å². The Labute approximate surface area is 147 Å². The highest BCUT2D eigenvalue weighted by atomic mass is 79.9. The van der Waals surface area contributed by atoms with Crippen molar-refractivity contribution < 1.29 is 14.3 Å². The van der Waals surface area contributed by atoms with Gasteiger partial charge in [0.15, 0.2) is 0 Å². The molecule has 0 radical (unpaired) electrons. The average Bonchev–Trinajstić information content (AvgIpc) is 2.97. The van der Waals surface area contributed by atoms with E-state index in [2.05, 4.69) is 15.9 Å². The lowest BCUT2D eigenvalue weighted by Gasteiger charge is -2.15. The van der Waals surface area contributed by atoms with Crippen LogP contribution in [0.25, 0.3) is 16.9 Å². The van der Waals surface area contributed by atoms with E-state index >= 15 is 0 Å². The summed E-state index contributed by atoms with van der Waals surface area (Å²) in [5.74, 6) is -1.38. The Morgan fingerprint density at radius 1 is 1.08 bits per heavy atom. The molecular formula is C19H14BrFNO2-. The molecule has 0 aliphatic heterocycles. The van der Waals surface area contributed by atoms with Crippen LogP contribution in [-0.2, 0) is 11.2 Å². The molecule has 0 aliphatic rings. The van der Waals surface area contributed by atoms with Crippen LogP contribution >= 0.6 is 15.9 Å². The number of halogens is 2. The first-order chi connectivity index (χ1) is 11.5. The minimum absolute atomic E-state index is 0.0547. The van der Waals surface area contributed by atoms with Gasteiger partial charge in [-0.05, 0) is 73.0 Å². The van der Waals surface area contributed by atoms with Gasteiger partial charge in [-0.3, -0.25) is 0 Å². The van der Waals surface area contributed by atoms with Crippen molar-refractivity contribution in [1.29, 1.82) is 0 Å². The molecule has 0 saturated carbocycles. The number of hydrogen-bond acceptors (Lipinski definition) is 2. The van der Waals surface area contributed by atoms with Gasteiger partial charge in [0.1, 0.15) is 5.82 Å². The van der Waals surface area contributed by atoms with Gasteiger partial charge in [0.2, 0.25) is 0 Å². The Bertz CT molecular complexity index is 871. The molecule has 0 amide bonds. The van der Waals surface area contributed by atoms with E-state index in [1.807, 2.05) is 41.0 Å². The van der Waals surface area contributed by atoms with Crippen molar-refractivity contribution >= 4 is 21.9 Å². The number of carboxylic acid groups (broad SMARTS) is 1. The molecule has 122 valence electrons. The molecule has 0 atom stereocenters. The molecule has 0 spiro atoms. The van der Waals surface area contributed by atoms with Crippen molar-refractivity contribution in [2.45, 2.75) is 12.8 Å². The highest BCUT2D eigenvalue weighted by Crippen LogP contribution is 2.28. The maximum atomic E-state index is 13.2. The number of nitrogens with zero attached hydrogens (tertiary/aromatic N) is 1. The third-order valence-corrected chi connectivity index (χ3v) is 4.25. The zero-order chi connectivity index (χ0) is 17.1. The zero-order valence-corrected chi connectivity index (χ0v) is 14.3.